The van der Waals surface area contributed by atoms with Gasteiger partial charge in [0, 0.05) is 0 Å². The van der Waals surface area contributed by atoms with Crippen LogP contribution in [0.25, 0.3) is 36.9 Å². The molecule has 0 aromatic heterocycles. The standard InChI is InChI=1S/3ClH.Cr.6H2N/h3*1H;;6*1H2/q;;;+3;6*-1/p-3. The molecule has 0 aliphatic carbocycles. The summed E-state index contributed by atoms with van der Waals surface area (Å²) in [6.07, 6.45) is 0. The van der Waals surface area contributed by atoms with E-state index >= 15 is 0 Å². The molecule has 0 aromatic rings. The van der Waals surface area contributed by atoms with Crippen molar-refractivity contribution >= 4 is 30.1 Å². The first-order valence-corrected chi connectivity index (χ1v) is 5.73. The van der Waals surface area contributed by atoms with Gasteiger partial charge in [0.1, 0.15) is 0 Å². The first-order chi connectivity index (χ1) is 1.73. The van der Waals surface area contributed by atoms with Gasteiger partial charge in [-0.1, -0.05) is 0 Å². The zero-order chi connectivity index (χ0) is 3.58. The van der Waals surface area contributed by atoms with Crippen molar-refractivity contribution in [1.82, 2.24) is 0 Å². The van der Waals surface area contributed by atoms with Crippen molar-refractivity contribution in [3.8, 4) is 0 Å². The van der Waals surface area contributed by atoms with Gasteiger partial charge in [-0.2, -0.15) is 0 Å². The van der Waals surface area contributed by atoms with Gasteiger partial charge in [0.15, 0.2) is 0 Å². The number of nitrogens with two attached hydrogens (primary N) is 6. The summed E-state index contributed by atoms with van der Waals surface area (Å²) in [4.78, 5) is 0. The number of hydrogen-bond acceptors (Lipinski definition) is 0. The predicted molar refractivity (Wildman–Crippen MR) is 49.3 cm³/mol. The summed E-state index contributed by atoms with van der Waals surface area (Å²) in [5, 5.41) is 0. The van der Waals surface area contributed by atoms with E-state index in [0.29, 0.717) is 0 Å². The van der Waals surface area contributed by atoms with Crippen LogP contribution in [0, 0.1) is 0 Å². The number of hydrogen-bond donors (Lipinski definition) is 0. The van der Waals surface area contributed by atoms with Crippen LogP contribution in [0.2, 0.25) is 0 Å². The molecule has 6 nitrogen and oxygen atoms in total. The van der Waals surface area contributed by atoms with E-state index in [4.69, 9.17) is 30.1 Å². The van der Waals surface area contributed by atoms with Crippen LogP contribution in [0.1, 0.15) is 0 Å². The molecular formula is H12Cl3CrN6-6. The Bertz CT molecular complexity index is 17.7. The van der Waals surface area contributed by atoms with Gasteiger partial charge >= 0.3 is 41.5 Å². The van der Waals surface area contributed by atoms with Crippen molar-refractivity contribution in [1.29, 1.82) is 0 Å². The van der Waals surface area contributed by atoms with Crippen molar-refractivity contribution in [3.05, 3.63) is 36.9 Å². The molecule has 0 aliphatic heterocycles. The largest absolute Gasteiger partial charge is 0.693 e. The Morgan fingerprint density at radius 2 is 0.500 bits per heavy atom. The molecule has 0 saturated carbocycles. The minimum absolute atomic E-state index is 0. The molecule has 0 atom stereocenters. The maximum Gasteiger partial charge on any atom is -0.693 e. The van der Waals surface area contributed by atoms with Crippen LogP contribution in [0.3, 0.4) is 0 Å². The van der Waals surface area contributed by atoms with Crippen LogP contribution in [0.4, 0.5) is 0 Å². The maximum atomic E-state index is 4.93. The molecule has 0 unspecified atom stereocenters. The van der Waals surface area contributed by atoms with E-state index in [0.717, 1.165) is 0 Å². The second-order valence-corrected chi connectivity index (χ2v) is 6.49. The molecule has 10 heteroatoms. The Balaban J connectivity index is -0.00000000300. The Morgan fingerprint density at radius 1 is 0.500 bits per heavy atom. The number of rotatable bonds is 0. The van der Waals surface area contributed by atoms with E-state index in [1.165, 1.54) is 0 Å². The SMILES string of the molecule is [Cl][Cr]([Cl])[Cl].[NH2-].[NH2-].[NH2-].[NH2-].[NH2-].[NH2-]. The fourth-order valence-corrected chi connectivity index (χ4v) is 0. The van der Waals surface area contributed by atoms with Gasteiger partial charge in [0.25, 0.3) is 0 Å². The quantitative estimate of drug-likeness (QED) is 0.462. The van der Waals surface area contributed by atoms with E-state index in [9.17, 15) is 0 Å². The summed E-state index contributed by atoms with van der Waals surface area (Å²) in [6.45, 7) is 0. The van der Waals surface area contributed by atoms with Gasteiger partial charge in [-0.15, -0.1) is 0 Å². The van der Waals surface area contributed by atoms with Crippen molar-refractivity contribution in [2.45, 2.75) is 0 Å². The van der Waals surface area contributed by atoms with Crippen LogP contribution in [0.5, 0.6) is 0 Å². The molecule has 0 aliphatic rings. The molecule has 10 heavy (non-hydrogen) atoms. The minimum Gasteiger partial charge on any atom is -0.693 e. The zero-order valence-corrected chi connectivity index (χ0v) is 8.55. The molecule has 0 radical (unpaired) electrons. The summed E-state index contributed by atoms with van der Waals surface area (Å²) >= 11 is -1.62. The van der Waals surface area contributed by atoms with Crippen LogP contribution in [-0.4, -0.2) is 0 Å². The van der Waals surface area contributed by atoms with E-state index in [2.05, 4.69) is 0 Å². The molecule has 0 fully saturated rings. The molecule has 12 N–H and O–H groups in total. The maximum absolute atomic E-state index is 4.93. The summed E-state index contributed by atoms with van der Waals surface area (Å²) in [7, 11) is 14.8. The topological polar surface area (TPSA) is 201 Å². The van der Waals surface area contributed by atoms with Crippen LogP contribution < -0.4 is 0 Å². The smallest absolute Gasteiger partial charge is 0.693 e. The third-order valence-electron chi connectivity index (χ3n) is 0. The molecule has 0 amide bonds. The molecule has 0 bridgehead atoms. The van der Waals surface area contributed by atoms with Gasteiger partial charge in [-0.05, 0) is 0 Å². The first-order valence-electron chi connectivity index (χ1n) is 0.463. The molecule has 75 valence electrons. The van der Waals surface area contributed by atoms with Crippen molar-refractivity contribution in [2.24, 2.45) is 0 Å². The third-order valence-corrected chi connectivity index (χ3v) is 0. The van der Waals surface area contributed by atoms with Crippen molar-refractivity contribution in [3.63, 3.8) is 0 Å². The van der Waals surface area contributed by atoms with E-state index in [1.54, 1.807) is 0 Å². The predicted octanol–water partition coefficient (Wildman–Crippen LogP) is 6.37. The van der Waals surface area contributed by atoms with Crippen LogP contribution in [0.15, 0.2) is 0 Å². The Labute approximate surface area is 78.5 Å². The summed E-state index contributed by atoms with van der Waals surface area (Å²) in [5.74, 6) is 0. The third kappa shape index (κ3) is 452. The minimum atomic E-state index is -1.62. The van der Waals surface area contributed by atoms with Crippen molar-refractivity contribution in [2.75, 3.05) is 0 Å². The fraction of sp³-hybridized carbons (Fsp3) is 0. The van der Waals surface area contributed by atoms with Gasteiger partial charge in [-0.25, -0.2) is 0 Å². The van der Waals surface area contributed by atoms with Crippen molar-refractivity contribution < 1.29 is 11.4 Å². The molecule has 0 aromatic carbocycles. The van der Waals surface area contributed by atoms with Gasteiger partial charge in [0.2, 0.25) is 0 Å². The number of halogens is 3. The summed E-state index contributed by atoms with van der Waals surface area (Å²) in [6, 6.07) is 0. The average Bonchev–Trinajstić information content (AvgIpc) is 0.811. The Kier molecular flexibility index (Phi) is 328. The molecule has 0 saturated heterocycles. The van der Waals surface area contributed by atoms with E-state index < -0.39 is 11.4 Å². The Hall–Kier alpha value is 1.16. The Morgan fingerprint density at radius 3 is 0.500 bits per heavy atom. The monoisotopic (exact) mass is 253 g/mol. The fourth-order valence-electron chi connectivity index (χ4n) is 0. The van der Waals surface area contributed by atoms with E-state index in [-0.39, 0.29) is 36.9 Å². The molecule has 0 rings (SSSR count). The average molecular weight is 254 g/mol. The normalized spacial score (nSPS) is 3.60. The van der Waals surface area contributed by atoms with Gasteiger partial charge < -0.3 is 36.9 Å². The second kappa shape index (κ2) is 49.2. The summed E-state index contributed by atoms with van der Waals surface area (Å²) < 4.78 is 0. The zero-order valence-electron chi connectivity index (χ0n) is 5.01. The molecule has 0 spiro atoms. The molecule has 0 heterocycles. The second-order valence-electron chi connectivity index (χ2n) is 0.175. The van der Waals surface area contributed by atoms with Crippen LogP contribution >= 0.6 is 30.1 Å². The summed E-state index contributed by atoms with van der Waals surface area (Å²) in [5.41, 5.74) is 0. The molecular weight excluding hydrogens is 242 g/mol. The van der Waals surface area contributed by atoms with Gasteiger partial charge in [0.05, 0.1) is 0 Å². The van der Waals surface area contributed by atoms with E-state index in [1.807, 2.05) is 0 Å². The first kappa shape index (κ1) is 66.5. The van der Waals surface area contributed by atoms with Crippen LogP contribution in [-0.2, 0) is 11.4 Å². The van der Waals surface area contributed by atoms with Gasteiger partial charge in [-0.3, -0.25) is 0 Å².